The number of nitrogens with one attached hydrogen (secondary N) is 1. The van der Waals surface area contributed by atoms with E-state index in [1.165, 1.54) is 23.8 Å². The number of rotatable bonds is 7. The van der Waals surface area contributed by atoms with Crippen molar-refractivity contribution in [1.29, 1.82) is 0 Å². The fourth-order valence-corrected chi connectivity index (χ4v) is 5.32. The Hall–Kier alpha value is -3.71. The topological polar surface area (TPSA) is 72.7 Å². The Bertz CT molecular complexity index is 1460. The summed E-state index contributed by atoms with van der Waals surface area (Å²) in [6.45, 7) is 2.29. The summed E-state index contributed by atoms with van der Waals surface area (Å²) in [5, 5.41) is 2.64. The highest BCUT2D eigenvalue weighted by atomic mass is 35.5. The van der Waals surface area contributed by atoms with Gasteiger partial charge in [0.05, 0.1) is 11.6 Å². The summed E-state index contributed by atoms with van der Waals surface area (Å²) in [5.41, 5.74) is 4.70. The van der Waals surface area contributed by atoms with Crippen LogP contribution in [0.4, 0.5) is 10.1 Å². The van der Waals surface area contributed by atoms with Gasteiger partial charge in [0.2, 0.25) is 0 Å². The molecule has 0 bridgehead atoms. The summed E-state index contributed by atoms with van der Waals surface area (Å²) in [5.74, 6) is -0.0982. The summed E-state index contributed by atoms with van der Waals surface area (Å²) in [6, 6.07) is 16.5. The second kappa shape index (κ2) is 11.4. The van der Waals surface area contributed by atoms with Crippen LogP contribution in [0.3, 0.4) is 0 Å². The minimum absolute atomic E-state index is 0.0601. The highest BCUT2D eigenvalue weighted by Gasteiger charge is 2.24. The molecule has 2 aromatic heterocycles. The van der Waals surface area contributed by atoms with Crippen molar-refractivity contribution in [3.63, 3.8) is 0 Å². The van der Waals surface area contributed by atoms with E-state index in [0.29, 0.717) is 36.2 Å². The minimum atomic E-state index is -0.545. The van der Waals surface area contributed by atoms with Gasteiger partial charge in [-0.25, -0.2) is 9.37 Å². The van der Waals surface area contributed by atoms with Crippen LogP contribution in [-0.4, -0.2) is 27.9 Å². The largest absolute Gasteiger partial charge is 0.466 e. The third-order valence-electron chi connectivity index (χ3n) is 7.18. The molecule has 38 heavy (non-hydrogen) atoms. The van der Waals surface area contributed by atoms with Crippen molar-refractivity contribution >= 4 is 34.8 Å². The lowest BCUT2D eigenvalue weighted by molar-refractivity contribution is -0.144. The zero-order valence-corrected chi connectivity index (χ0v) is 21.9. The van der Waals surface area contributed by atoms with Crippen molar-refractivity contribution in [2.45, 2.75) is 44.9 Å². The molecule has 1 N–H and O–H groups in total. The van der Waals surface area contributed by atoms with Gasteiger partial charge in [0.25, 0.3) is 5.91 Å². The van der Waals surface area contributed by atoms with Crippen molar-refractivity contribution in [1.82, 2.24) is 9.38 Å². The number of carbonyl (C=O) groups excluding carboxylic acids is 2. The van der Waals surface area contributed by atoms with Crippen molar-refractivity contribution in [3.8, 4) is 11.1 Å². The van der Waals surface area contributed by atoms with Crippen molar-refractivity contribution in [3.05, 3.63) is 89.1 Å². The van der Waals surface area contributed by atoms with E-state index >= 15 is 0 Å². The molecule has 4 aromatic rings. The maximum absolute atomic E-state index is 13.4. The molecule has 1 aliphatic rings. The molecule has 1 aliphatic carbocycles. The number of amides is 1. The first kappa shape index (κ1) is 25.9. The quantitative estimate of drug-likeness (QED) is 0.253. The fraction of sp³-hybridized carbons (Fsp3) is 0.300. The summed E-state index contributed by atoms with van der Waals surface area (Å²) in [7, 11) is 0. The smallest absolute Gasteiger partial charge is 0.306 e. The van der Waals surface area contributed by atoms with Crippen LogP contribution in [0, 0.1) is 11.7 Å². The van der Waals surface area contributed by atoms with Crippen LogP contribution in [0.2, 0.25) is 5.02 Å². The Labute approximate surface area is 225 Å². The van der Waals surface area contributed by atoms with Gasteiger partial charge in [0.1, 0.15) is 17.2 Å². The number of halogens is 2. The minimum Gasteiger partial charge on any atom is -0.466 e. The SMILES string of the molecule is CCOC(=O)CC1CCC(c2ccc(-c3ccc4nc(C(=O)Nc5ccc(F)c(Cl)c5)cn4c3)cc2)CC1. The number of ether oxygens (including phenoxy) is 1. The third kappa shape index (κ3) is 5.89. The molecule has 6 nitrogen and oxygen atoms in total. The number of hydrogen-bond acceptors (Lipinski definition) is 4. The number of fused-ring (bicyclic) bond motifs is 1. The van der Waals surface area contributed by atoms with Crippen molar-refractivity contribution < 1.29 is 18.7 Å². The van der Waals surface area contributed by atoms with Crippen LogP contribution in [0.15, 0.2) is 67.0 Å². The van der Waals surface area contributed by atoms with Crippen LogP contribution >= 0.6 is 11.6 Å². The van der Waals surface area contributed by atoms with Crippen molar-refractivity contribution in [2.75, 3.05) is 11.9 Å². The second-order valence-corrected chi connectivity index (χ2v) is 10.1. The number of imidazole rings is 1. The summed E-state index contributed by atoms with van der Waals surface area (Å²) in [6.07, 6.45) is 8.41. The predicted molar refractivity (Wildman–Crippen MR) is 146 cm³/mol. The Kier molecular flexibility index (Phi) is 7.74. The number of aromatic nitrogens is 2. The highest BCUT2D eigenvalue weighted by Crippen LogP contribution is 2.37. The van der Waals surface area contributed by atoms with Crippen LogP contribution < -0.4 is 5.32 Å². The fourth-order valence-electron chi connectivity index (χ4n) is 5.14. The normalized spacial score (nSPS) is 17.3. The van der Waals surface area contributed by atoms with Gasteiger partial charge in [0, 0.05) is 24.5 Å². The van der Waals surface area contributed by atoms with Crippen molar-refractivity contribution in [2.24, 2.45) is 5.92 Å². The maximum atomic E-state index is 13.4. The molecule has 2 heterocycles. The lowest BCUT2D eigenvalue weighted by Gasteiger charge is -2.28. The van der Waals surface area contributed by atoms with E-state index in [-0.39, 0.29) is 16.7 Å². The monoisotopic (exact) mass is 533 g/mol. The van der Waals surface area contributed by atoms with Gasteiger partial charge in [-0.05, 0) is 91.5 Å². The molecule has 0 radical (unpaired) electrons. The summed E-state index contributed by atoms with van der Waals surface area (Å²) >= 11 is 5.81. The standard InChI is InChI=1S/C30H29ClFN3O3/c1-2-38-29(36)15-19-3-5-20(6-4-19)21-7-9-22(10-8-21)23-11-14-28-34-27(18-35(28)17-23)30(37)33-24-12-13-26(32)25(31)16-24/h7-14,16-20H,2-6,15H2,1H3,(H,33,37). The first-order valence-corrected chi connectivity index (χ1v) is 13.3. The zero-order valence-electron chi connectivity index (χ0n) is 21.1. The first-order valence-electron chi connectivity index (χ1n) is 12.9. The van der Waals surface area contributed by atoms with E-state index < -0.39 is 11.7 Å². The molecule has 1 saturated carbocycles. The van der Waals surface area contributed by atoms with E-state index in [2.05, 4.69) is 34.6 Å². The van der Waals surface area contributed by atoms with E-state index in [1.54, 1.807) is 6.20 Å². The van der Waals surface area contributed by atoms with Gasteiger partial charge in [-0.2, -0.15) is 0 Å². The van der Waals surface area contributed by atoms with Crippen LogP contribution in [0.1, 0.15) is 61.0 Å². The zero-order chi connectivity index (χ0) is 26.6. The number of nitrogens with zero attached hydrogens (tertiary/aromatic N) is 2. The molecule has 8 heteroatoms. The van der Waals surface area contributed by atoms with Crippen LogP contribution in [-0.2, 0) is 9.53 Å². The third-order valence-corrected chi connectivity index (χ3v) is 7.47. The number of esters is 1. The van der Waals surface area contributed by atoms with Gasteiger partial charge in [-0.3, -0.25) is 9.59 Å². The molecule has 1 amide bonds. The van der Waals surface area contributed by atoms with Gasteiger partial charge in [-0.15, -0.1) is 0 Å². The van der Waals surface area contributed by atoms with E-state index in [4.69, 9.17) is 16.3 Å². The lowest BCUT2D eigenvalue weighted by Crippen LogP contribution is -2.17. The highest BCUT2D eigenvalue weighted by molar-refractivity contribution is 6.31. The van der Waals surface area contributed by atoms with E-state index in [0.717, 1.165) is 36.8 Å². The van der Waals surface area contributed by atoms with Gasteiger partial charge >= 0.3 is 5.97 Å². The van der Waals surface area contributed by atoms with Gasteiger partial charge < -0.3 is 14.5 Å². The summed E-state index contributed by atoms with van der Waals surface area (Å²) in [4.78, 5) is 28.9. The Morgan fingerprint density at radius 2 is 1.76 bits per heavy atom. The Balaban J connectivity index is 1.24. The number of hydrogen-bond donors (Lipinski definition) is 1. The molecular formula is C30H29ClFN3O3. The van der Waals surface area contributed by atoms with Gasteiger partial charge in [-0.1, -0.05) is 35.9 Å². The number of anilines is 1. The molecule has 0 unspecified atom stereocenters. The summed E-state index contributed by atoms with van der Waals surface area (Å²) < 4.78 is 20.3. The van der Waals surface area contributed by atoms with E-state index in [1.807, 2.05) is 29.7 Å². The number of carbonyl (C=O) groups is 2. The van der Waals surface area contributed by atoms with E-state index in [9.17, 15) is 14.0 Å². The van der Waals surface area contributed by atoms with Crippen LogP contribution in [0.5, 0.6) is 0 Å². The molecule has 196 valence electrons. The Morgan fingerprint density at radius 1 is 1.03 bits per heavy atom. The molecular weight excluding hydrogens is 505 g/mol. The molecule has 5 rings (SSSR count). The predicted octanol–water partition coefficient (Wildman–Crippen LogP) is 7.27. The maximum Gasteiger partial charge on any atom is 0.306 e. The average molecular weight is 534 g/mol. The first-order chi connectivity index (χ1) is 18.4. The molecule has 2 aromatic carbocycles. The average Bonchev–Trinajstić information content (AvgIpc) is 3.35. The van der Waals surface area contributed by atoms with Crippen LogP contribution in [0.25, 0.3) is 16.8 Å². The molecule has 0 aliphatic heterocycles. The van der Waals surface area contributed by atoms with Gasteiger partial charge in [0.15, 0.2) is 0 Å². The molecule has 1 fully saturated rings. The molecule has 0 saturated heterocycles. The number of benzene rings is 2. The Morgan fingerprint density at radius 3 is 2.47 bits per heavy atom. The molecule has 0 atom stereocenters. The molecule has 0 spiro atoms. The lowest BCUT2D eigenvalue weighted by atomic mass is 9.77. The second-order valence-electron chi connectivity index (χ2n) is 9.74. The number of pyridine rings is 1.